The highest BCUT2D eigenvalue weighted by Gasteiger charge is 2.02. The quantitative estimate of drug-likeness (QED) is 0.380. The van der Waals surface area contributed by atoms with E-state index in [0.717, 1.165) is 18.6 Å². The molecule has 0 aliphatic heterocycles. The van der Waals surface area contributed by atoms with E-state index in [-0.39, 0.29) is 12.0 Å². The highest BCUT2D eigenvalue weighted by molar-refractivity contribution is 5.76. The first-order valence-corrected chi connectivity index (χ1v) is 4.48. The Morgan fingerprint density at radius 1 is 1.79 bits per heavy atom. The minimum atomic E-state index is 0.0388. The number of furan rings is 1. The second-order valence-electron chi connectivity index (χ2n) is 3.09. The minimum absolute atomic E-state index is 0.0388. The highest BCUT2D eigenvalue weighted by Crippen LogP contribution is 2.07. The highest BCUT2D eigenvalue weighted by atomic mass is 16.5. The maximum absolute atomic E-state index is 8.41. The van der Waals surface area contributed by atoms with Crippen LogP contribution in [0.5, 0.6) is 0 Å². The molecule has 0 radical (unpaired) electrons. The first-order valence-electron chi connectivity index (χ1n) is 4.48. The van der Waals surface area contributed by atoms with E-state index in [4.69, 9.17) is 15.4 Å². The van der Waals surface area contributed by atoms with Gasteiger partial charge in [-0.15, -0.1) is 0 Å². The molecule has 0 aliphatic carbocycles. The summed E-state index contributed by atoms with van der Waals surface area (Å²) in [5.74, 6) is 0.972. The van der Waals surface area contributed by atoms with E-state index >= 15 is 0 Å². The zero-order valence-electron chi connectivity index (χ0n) is 8.10. The topological polar surface area (TPSA) is 83.8 Å². The predicted octanol–water partition coefficient (Wildman–Crippen LogP) is 0.894. The smallest absolute Gasteiger partial charge is 0.213 e. The number of guanidine groups is 1. The van der Waals surface area contributed by atoms with Crippen LogP contribution >= 0.6 is 0 Å². The van der Waals surface area contributed by atoms with Crippen LogP contribution in [0.4, 0.5) is 0 Å². The Kier molecular flexibility index (Phi) is 4.00. The molecule has 0 saturated carbocycles. The average molecular weight is 197 g/mol. The van der Waals surface area contributed by atoms with Crippen molar-refractivity contribution in [1.29, 1.82) is 0 Å². The van der Waals surface area contributed by atoms with Crippen molar-refractivity contribution in [1.82, 2.24) is 5.48 Å². The molecule has 0 spiro atoms. The second-order valence-corrected chi connectivity index (χ2v) is 3.09. The lowest BCUT2D eigenvalue weighted by atomic mass is 10.1. The summed E-state index contributed by atoms with van der Waals surface area (Å²) in [5.41, 5.74) is 7.08. The van der Waals surface area contributed by atoms with Crippen molar-refractivity contribution in [3.8, 4) is 0 Å². The summed E-state index contributed by atoms with van der Waals surface area (Å²) in [5, 5.41) is 8.41. The number of rotatable bonds is 4. The Bertz CT molecular complexity index is 282. The zero-order valence-corrected chi connectivity index (χ0v) is 8.10. The molecule has 1 aromatic rings. The van der Waals surface area contributed by atoms with E-state index in [9.17, 15) is 0 Å². The third-order valence-electron chi connectivity index (χ3n) is 1.86. The fourth-order valence-electron chi connectivity index (χ4n) is 1.14. The molecule has 1 unspecified atom stereocenters. The number of aliphatic imine (C=N–C) groups is 1. The number of nitrogens with one attached hydrogen (secondary N) is 1. The van der Waals surface area contributed by atoms with E-state index < -0.39 is 0 Å². The Hall–Kier alpha value is -1.49. The molecule has 78 valence electrons. The van der Waals surface area contributed by atoms with Gasteiger partial charge in [-0.25, -0.2) is 10.5 Å². The number of aryl methyl sites for hydroxylation is 1. The van der Waals surface area contributed by atoms with Crippen LogP contribution in [0.3, 0.4) is 0 Å². The van der Waals surface area contributed by atoms with Crippen molar-refractivity contribution in [2.45, 2.75) is 25.8 Å². The molecule has 5 nitrogen and oxygen atoms in total. The van der Waals surface area contributed by atoms with Gasteiger partial charge in [0.25, 0.3) is 0 Å². The van der Waals surface area contributed by atoms with Gasteiger partial charge in [-0.3, -0.25) is 5.21 Å². The number of hydroxylamine groups is 1. The molecule has 0 saturated heterocycles. The zero-order chi connectivity index (χ0) is 10.4. The van der Waals surface area contributed by atoms with Crippen LogP contribution in [0.2, 0.25) is 0 Å². The standard InChI is InChI=1S/C9H15N3O2/c1-7(11-9(10)12-13)4-5-8-3-2-6-14-8/h2-3,6-7,13H,4-5H2,1H3,(H3,10,11,12). The van der Waals surface area contributed by atoms with Crippen molar-refractivity contribution in [2.24, 2.45) is 10.7 Å². The maximum atomic E-state index is 8.41. The minimum Gasteiger partial charge on any atom is -0.469 e. The maximum Gasteiger partial charge on any atom is 0.213 e. The molecule has 4 N–H and O–H groups in total. The fourth-order valence-corrected chi connectivity index (χ4v) is 1.14. The van der Waals surface area contributed by atoms with Gasteiger partial charge in [-0.2, -0.15) is 0 Å². The summed E-state index contributed by atoms with van der Waals surface area (Å²) >= 11 is 0. The van der Waals surface area contributed by atoms with E-state index in [2.05, 4.69) is 4.99 Å². The fraction of sp³-hybridized carbons (Fsp3) is 0.444. The molecule has 0 aliphatic rings. The normalized spacial score (nSPS) is 14.0. The first kappa shape index (κ1) is 10.6. The molecule has 1 aromatic heterocycles. The molecule has 5 heteroatoms. The van der Waals surface area contributed by atoms with Crippen LogP contribution in [0.1, 0.15) is 19.1 Å². The van der Waals surface area contributed by atoms with Gasteiger partial charge in [0, 0.05) is 6.42 Å². The molecule has 0 amide bonds. The van der Waals surface area contributed by atoms with Gasteiger partial charge < -0.3 is 10.2 Å². The van der Waals surface area contributed by atoms with Gasteiger partial charge in [0.05, 0.1) is 12.3 Å². The van der Waals surface area contributed by atoms with Crippen molar-refractivity contribution in [3.05, 3.63) is 24.2 Å². The average Bonchev–Trinajstić information content (AvgIpc) is 2.67. The van der Waals surface area contributed by atoms with Crippen LogP contribution in [-0.2, 0) is 6.42 Å². The van der Waals surface area contributed by atoms with Crippen LogP contribution in [0, 0.1) is 0 Å². The van der Waals surface area contributed by atoms with Gasteiger partial charge in [-0.1, -0.05) is 0 Å². The lowest BCUT2D eigenvalue weighted by Crippen LogP contribution is -2.29. The SMILES string of the molecule is CC(CCc1ccco1)N=C(N)NO. The largest absolute Gasteiger partial charge is 0.469 e. The van der Waals surface area contributed by atoms with Crippen LogP contribution in [0.25, 0.3) is 0 Å². The molecule has 0 bridgehead atoms. The third kappa shape index (κ3) is 3.49. The molecule has 0 fully saturated rings. The lowest BCUT2D eigenvalue weighted by Gasteiger charge is -2.05. The second kappa shape index (κ2) is 5.29. The van der Waals surface area contributed by atoms with Crippen molar-refractivity contribution in [2.75, 3.05) is 0 Å². The van der Waals surface area contributed by atoms with E-state index in [1.165, 1.54) is 0 Å². The van der Waals surface area contributed by atoms with Crippen LogP contribution in [-0.4, -0.2) is 17.2 Å². The molecule has 0 aromatic carbocycles. The predicted molar refractivity (Wildman–Crippen MR) is 53.0 cm³/mol. The number of hydrogen-bond acceptors (Lipinski definition) is 3. The van der Waals surface area contributed by atoms with Crippen molar-refractivity contribution >= 4 is 5.96 Å². The summed E-state index contributed by atoms with van der Waals surface area (Å²) < 4.78 is 5.17. The molecular formula is C9H15N3O2. The number of nitrogens with two attached hydrogens (primary N) is 1. The molecule has 14 heavy (non-hydrogen) atoms. The summed E-state index contributed by atoms with van der Waals surface area (Å²) in [4.78, 5) is 3.99. The summed E-state index contributed by atoms with van der Waals surface area (Å²) in [6, 6.07) is 3.83. The van der Waals surface area contributed by atoms with Gasteiger partial charge >= 0.3 is 0 Å². The summed E-state index contributed by atoms with van der Waals surface area (Å²) in [6.45, 7) is 1.92. The lowest BCUT2D eigenvalue weighted by molar-refractivity contribution is 0.232. The van der Waals surface area contributed by atoms with Crippen molar-refractivity contribution in [3.63, 3.8) is 0 Å². The third-order valence-corrected chi connectivity index (χ3v) is 1.86. The Morgan fingerprint density at radius 3 is 3.14 bits per heavy atom. The van der Waals surface area contributed by atoms with Gasteiger partial charge in [0.1, 0.15) is 5.76 Å². The monoisotopic (exact) mass is 197 g/mol. The Morgan fingerprint density at radius 2 is 2.57 bits per heavy atom. The van der Waals surface area contributed by atoms with Gasteiger partial charge in [0.2, 0.25) is 5.96 Å². The Balaban J connectivity index is 2.31. The molecule has 1 rings (SSSR count). The first-order chi connectivity index (χ1) is 6.72. The van der Waals surface area contributed by atoms with E-state index in [1.807, 2.05) is 19.1 Å². The Labute approximate surface area is 82.6 Å². The number of nitrogens with zero attached hydrogens (tertiary/aromatic N) is 1. The van der Waals surface area contributed by atoms with Gasteiger partial charge in [0.15, 0.2) is 0 Å². The molecular weight excluding hydrogens is 182 g/mol. The van der Waals surface area contributed by atoms with E-state index in [0.29, 0.717) is 0 Å². The van der Waals surface area contributed by atoms with E-state index in [1.54, 1.807) is 11.7 Å². The number of hydrogen-bond donors (Lipinski definition) is 3. The van der Waals surface area contributed by atoms with Gasteiger partial charge in [-0.05, 0) is 25.5 Å². The molecule has 1 heterocycles. The van der Waals surface area contributed by atoms with Crippen LogP contribution < -0.4 is 11.2 Å². The molecule has 1 atom stereocenters. The van der Waals surface area contributed by atoms with Crippen molar-refractivity contribution < 1.29 is 9.62 Å². The summed E-state index contributed by atoms with van der Waals surface area (Å²) in [6.07, 6.45) is 3.29. The van der Waals surface area contributed by atoms with Crippen LogP contribution in [0.15, 0.2) is 27.8 Å². The summed E-state index contributed by atoms with van der Waals surface area (Å²) in [7, 11) is 0.